The van der Waals surface area contributed by atoms with Crippen LogP contribution in [-0.2, 0) is 9.59 Å². The minimum atomic E-state index is -0.950. The number of carbonyl (C=O) groups excluding carboxylic acids is 1. The number of rotatable bonds is 7. The van der Waals surface area contributed by atoms with Crippen LogP contribution in [0.25, 0.3) is 0 Å². The molecule has 0 fully saturated rings. The second-order valence-corrected chi connectivity index (χ2v) is 5.20. The molecule has 2 N–H and O–H groups in total. The first-order valence-electron chi connectivity index (χ1n) is 5.81. The fraction of sp³-hybridized carbons (Fsp3) is 0.667. The van der Waals surface area contributed by atoms with Crippen LogP contribution in [0.1, 0.15) is 25.7 Å². The van der Waals surface area contributed by atoms with Gasteiger partial charge in [-0.3, -0.25) is 4.79 Å². The van der Waals surface area contributed by atoms with E-state index in [1.54, 1.807) is 11.8 Å². The molecule has 1 amide bonds. The smallest absolute Gasteiger partial charge is 0.326 e. The van der Waals surface area contributed by atoms with Crippen molar-refractivity contribution in [2.24, 2.45) is 5.92 Å². The summed E-state index contributed by atoms with van der Waals surface area (Å²) >= 11 is 1.58. The van der Waals surface area contributed by atoms with Crippen LogP contribution in [0, 0.1) is 5.92 Å². The Balaban J connectivity index is 2.34. The summed E-state index contributed by atoms with van der Waals surface area (Å²) in [5, 5.41) is 11.6. The first-order chi connectivity index (χ1) is 8.13. The summed E-state index contributed by atoms with van der Waals surface area (Å²) in [4.78, 5) is 22.6. The third kappa shape index (κ3) is 5.26. The molecule has 96 valence electrons. The number of thioether (sulfide) groups is 1. The summed E-state index contributed by atoms with van der Waals surface area (Å²) in [7, 11) is 0. The molecule has 0 radical (unpaired) electrons. The molecule has 5 heteroatoms. The Morgan fingerprint density at radius 2 is 2.35 bits per heavy atom. The number of hydrogen-bond acceptors (Lipinski definition) is 3. The molecule has 0 heterocycles. The van der Waals surface area contributed by atoms with Crippen LogP contribution in [0.2, 0.25) is 0 Å². The molecular formula is C12H19NO3S. The van der Waals surface area contributed by atoms with Gasteiger partial charge in [-0.25, -0.2) is 4.79 Å². The third-order valence-corrected chi connectivity index (χ3v) is 3.45. The average molecular weight is 257 g/mol. The fourth-order valence-corrected chi connectivity index (χ4v) is 2.32. The van der Waals surface area contributed by atoms with E-state index in [-0.39, 0.29) is 11.8 Å². The van der Waals surface area contributed by atoms with Gasteiger partial charge in [0.2, 0.25) is 5.91 Å². The molecule has 2 atom stereocenters. The maximum Gasteiger partial charge on any atom is 0.326 e. The van der Waals surface area contributed by atoms with Gasteiger partial charge in [0.1, 0.15) is 6.04 Å². The van der Waals surface area contributed by atoms with Gasteiger partial charge in [0.15, 0.2) is 0 Å². The summed E-state index contributed by atoms with van der Waals surface area (Å²) in [6.07, 6.45) is 8.92. The van der Waals surface area contributed by atoms with E-state index in [4.69, 9.17) is 5.11 Å². The number of carbonyl (C=O) groups is 2. The predicted octanol–water partition coefficient (Wildman–Crippen LogP) is 1.67. The molecule has 0 aliphatic heterocycles. The summed E-state index contributed by atoms with van der Waals surface area (Å²) in [6.45, 7) is 0. The lowest BCUT2D eigenvalue weighted by molar-refractivity contribution is -0.141. The molecule has 0 saturated carbocycles. The quantitative estimate of drug-likeness (QED) is 0.681. The highest BCUT2D eigenvalue weighted by Gasteiger charge is 2.21. The zero-order valence-corrected chi connectivity index (χ0v) is 10.8. The van der Waals surface area contributed by atoms with E-state index < -0.39 is 12.0 Å². The second-order valence-electron chi connectivity index (χ2n) is 4.21. The van der Waals surface area contributed by atoms with Crippen molar-refractivity contribution in [2.75, 3.05) is 12.0 Å². The van der Waals surface area contributed by atoms with Gasteiger partial charge in [-0.05, 0) is 37.2 Å². The first kappa shape index (κ1) is 14.1. The van der Waals surface area contributed by atoms with Gasteiger partial charge >= 0.3 is 5.97 Å². The number of aliphatic carboxylic acids is 1. The third-order valence-electron chi connectivity index (χ3n) is 2.80. The molecule has 17 heavy (non-hydrogen) atoms. The summed E-state index contributed by atoms with van der Waals surface area (Å²) in [5.74, 6) is -0.0879. The SMILES string of the molecule is CSCC[C@@H](NC(=O)CC1C=CCC1)C(=O)O. The molecule has 0 aromatic rings. The van der Waals surface area contributed by atoms with Crippen LogP contribution in [0.5, 0.6) is 0 Å². The van der Waals surface area contributed by atoms with Crippen LogP contribution in [0.3, 0.4) is 0 Å². The van der Waals surface area contributed by atoms with Gasteiger partial charge in [-0.15, -0.1) is 0 Å². The van der Waals surface area contributed by atoms with E-state index in [0.717, 1.165) is 18.6 Å². The van der Waals surface area contributed by atoms with Crippen molar-refractivity contribution in [3.63, 3.8) is 0 Å². The molecule has 1 unspecified atom stereocenters. The van der Waals surface area contributed by atoms with Crippen molar-refractivity contribution in [3.05, 3.63) is 12.2 Å². The normalized spacial score (nSPS) is 20.2. The topological polar surface area (TPSA) is 66.4 Å². The number of amides is 1. The van der Waals surface area contributed by atoms with Gasteiger partial charge in [0.25, 0.3) is 0 Å². The van der Waals surface area contributed by atoms with Crippen molar-refractivity contribution in [1.29, 1.82) is 0 Å². The maximum atomic E-state index is 11.7. The monoisotopic (exact) mass is 257 g/mol. The van der Waals surface area contributed by atoms with Gasteiger partial charge in [0.05, 0.1) is 0 Å². The summed E-state index contributed by atoms with van der Waals surface area (Å²) in [6, 6.07) is -0.750. The lowest BCUT2D eigenvalue weighted by atomic mass is 10.0. The van der Waals surface area contributed by atoms with E-state index in [1.165, 1.54) is 0 Å². The summed E-state index contributed by atoms with van der Waals surface area (Å²) in [5.41, 5.74) is 0. The van der Waals surface area contributed by atoms with E-state index in [1.807, 2.05) is 12.3 Å². The zero-order chi connectivity index (χ0) is 12.7. The second kappa shape index (κ2) is 7.37. The average Bonchev–Trinajstić information content (AvgIpc) is 2.76. The van der Waals surface area contributed by atoms with Crippen molar-refractivity contribution in [3.8, 4) is 0 Å². The number of allylic oxidation sites excluding steroid dienone is 2. The molecule has 1 aliphatic carbocycles. The lowest BCUT2D eigenvalue weighted by Crippen LogP contribution is -2.41. The molecule has 4 nitrogen and oxygen atoms in total. The molecule has 1 rings (SSSR count). The molecule has 0 bridgehead atoms. The number of carboxylic acid groups (broad SMARTS) is 1. The van der Waals surface area contributed by atoms with Crippen molar-refractivity contribution >= 4 is 23.6 Å². The van der Waals surface area contributed by atoms with Gasteiger partial charge in [-0.2, -0.15) is 11.8 Å². The number of hydrogen-bond donors (Lipinski definition) is 2. The lowest BCUT2D eigenvalue weighted by Gasteiger charge is -2.15. The number of nitrogens with one attached hydrogen (secondary N) is 1. The highest BCUT2D eigenvalue weighted by molar-refractivity contribution is 7.98. The minimum Gasteiger partial charge on any atom is -0.480 e. The zero-order valence-electron chi connectivity index (χ0n) is 10.0. The first-order valence-corrected chi connectivity index (χ1v) is 7.20. The Hall–Kier alpha value is -0.970. The van der Waals surface area contributed by atoms with Crippen LogP contribution in [0.4, 0.5) is 0 Å². The Morgan fingerprint density at radius 3 is 2.88 bits per heavy atom. The Labute approximate surface area is 106 Å². The Bertz CT molecular complexity index is 304. The van der Waals surface area contributed by atoms with E-state index in [0.29, 0.717) is 12.8 Å². The molecule has 0 saturated heterocycles. The highest BCUT2D eigenvalue weighted by atomic mass is 32.2. The largest absolute Gasteiger partial charge is 0.480 e. The fourth-order valence-electron chi connectivity index (χ4n) is 1.85. The predicted molar refractivity (Wildman–Crippen MR) is 69.0 cm³/mol. The van der Waals surface area contributed by atoms with Gasteiger partial charge < -0.3 is 10.4 Å². The van der Waals surface area contributed by atoms with E-state index >= 15 is 0 Å². The highest BCUT2D eigenvalue weighted by Crippen LogP contribution is 2.20. The van der Waals surface area contributed by atoms with Crippen molar-refractivity contribution in [1.82, 2.24) is 5.32 Å². The van der Waals surface area contributed by atoms with Crippen LogP contribution in [-0.4, -0.2) is 35.0 Å². The van der Waals surface area contributed by atoms with Crippen molar-refractivity contribution in [2.45, 2.75) is 31.7 Å². The van der Waals surface area contributed by atoms with Gasteiger partial charge in [0, 0.05) is 6.42 Å². The van der Waals surface area contributed by atoms with Crippen LogP contribution < -0.4 is 5.32 Å². The van der Waals surface area contributed by atoms with Gasteiger partial charge in [-0.1, -0.05) is 12.2 Å². The molecule has 0 aromatic heterocycles. The molecule has 0 spiro atoms. The number of carboxylic acids is 1. The standard InChI is InChI=1S/C12H19NO3S/c1-17-7-6-10(12(15)16)13-11(14)8-9-4-2-3-5-9/h2,4,9-10H,3,5-8H2,1H3,(H,13,14)(H,15,16)/t9?,10-/m1/s1. The van der Waals surface area contributed by atoms with E-state index in [9.17, 15) is 9.59 Å². The Morgan fingerprint density at radius 1 is 1.59 bits per heavy atom. The summed E-state index contributed by atoms with van der Waals surface area (Å²) < 4.78 is 0. The molecule has 1 aliphatic rings. The van der Waals surface area contributed by atoms with Crippen molar-refractivity contribution < 1.29 is 14.7 Å². The van der Waals surface area contributed by atoms with E-state index in [2.05, 4.69) is 11.4 Å². The molecular weight excluding hydrogens is 238 g/mol. The van der Waals surface area contributed by atoms with Crippen LogP contribution in [0.15, 0.2) is 12.2 Å². The Kier molecular flexibility index (Phi) is 6.11. The van der Waals surface area contributed by atoms with Crippen LogP contribution >= 0.6 is 11.8 Å². The minimum absolute atomic E-state index is 0.157. The molecule has 0 aromatic carbocycles. The maximum absolute atomic E-state index is 11.7.